The molecule has 2 aromatic rings. The van der Waals surface area contributed by atoms with Gasteiger partial charge in [0.2, 0.25) is 5.91 Å². The molecule has 0 unspecified atom stereocenters. The Morgan fingerprint density at radius 1 is 1.03 bits per heavy atom. The van der Waals surface area contributed by atoms with Crippen LogP contribution in [-0.4, -0.2) is 42.4 Å². The molecule has 1 aliphatic heterocycles. The topological polar surface area (TPSA) is 105 Å². The van der Waals surface area contributed by atoms with Crippen LogP contribution in [0.25, 0.3) is 0 Å². The van der Waals surface area contributed by atoms with Crippen molar-refractivity contribution in [3.05, 3.63) is 60.2 Å². The van der Waals surface area contributed by atoms with Crippen LogP contribution >= 0.6 is 0 Å². The number of para-hydroxylation sites is 2. The van der Waals surface area contributed by atoms with E-state index in [0.29, 0.717) is 16.9 Å². The van der Waals surface area contributed by atoms with Crippen LogP contribution in [0.2, 0.25) is 0 Å². The van der Waals surface area contributed by atoms with Crippen LogP contribution in [0.1, 0.15) is 24.2 Å². The molecule has 3 amide bonds. The third kappa shape index (κ3) is 4.60. The van der Waals surface area contributed by atoms with Gasteiger partial charge in [-0.15, -0.1) is 0 Å². The molecule has 1 aliphatic rings. The van der Waals surface area contributed by atoms with Gasteiger partial charge in [-0.3, -0.25) is 19.3 Å². The van der Waals surface area contributed by atoms with E-state index < -0.39 is 29.9 Å². The summed E-state index contributed by atoms with van der Waals surface area (Å²) in [6.45, 7) is 2.74. The fraction of sp³-hybridized carbons (Fsp3) is 0.238. The summed E-state index contributed by atoms with van der Waals surface area (Å²) in [6, 6.07) is 14.4. The minimum Gasteiger partial charge on any atom is -0.451 e. The molecule has 0 bridgehead atoms. The molecule has 2 aromatic carbocycles. The Labute approximate surface area is 167 Å². The molecule has 0 aliphatic carbocycles. The number of amides is 3. The third-order valence-corrected chi connectivity index (χ3v) is 4.41. The van der Waals surface area contributed by atoms with Crippen LogP contribution in [0.4, 0.5) is 11.4 Å². The number of fused-ring (bicyclic) bond motifs is 1. The summed E-state index contributed by atoms with van der Waals surface area (Å²) in [5, 5.41) is 5.23. The van der Waals surface area contributed by atoms with E-state index in [0.717, 1.165) is 0 Å². The largest absolute Gasteiger partial charge is 0.451 e. The van der Waals surface area contributed by atoms with Gasteiger partial charge in [0.1, 0.15) is 12.6 Å². The number of benzene rings is 2. The first kappa shape index (κ1) is 20.1. The molecular formula is C21H21N3O5. The maximum Gasteiger partial charge on any atom is 0.329 e. The van der Waals surface area contributed by atoms with Crippen molar-refractivity contribution in [2.45, 2.75) is 26.0 Å². The smallest absolute Gasteiger partial charge is 0.329 e. The van der Waals surface area contributed by atoms with Gasteiger partial charge < -0.3 is 15.4 Å². The lowest BCUT2D eigenvalue weighted by atomic mass is 10.1. The molecular weight excluding hydrogens is 374 g/mol. The molecule has 8 nitrogen and oxygen atoms in total. The highest BCUT2D eigenvalue weighted by molar-refractivity contribution is 6.11. The molecule has 1 heterocycles. The van der Waals surface area contributed by atoms with Gasteiger partial charge in [-0.1, -0.05) is 30.3 Å². The van der Waals surface area contributed by atoms with E-state index in [2.05, 4.69) is 10.6 Å². The van der Waals surface area contributed by atoms with E-state index in [1.54, 1.807) is 54.6 Å². The molecule has 0 fully saturated rings. The number of esters is 1. The zero-order chi connectivity index (χ0) is 21.0. The van der Waals surface area contributed by atoms with Gasteiger partial charge >= 0.3 is 5.97 Å². The van der Waals surface area contributed by atoms with Crippen molar-refractivity contribution in [3.8, 4) is 0 Å². The predicted octanol–water partition coefficient (Wildman–Crippen LogP) is 1.72. The van der Waals surface area contributed by atoms with Gasteiger partial charge in [0.05, 0.1) is 11.4 Å². The number of hydrogen-bond donors (Lipinski definition) is 2. The Morgan fingerprint density at radius 2 is 1.69 bits per heavy atom. The first-order valence-electron chi connectivity index (χ1n) is 9.13. The van der Waals surface area contributed by atoms with E-state index in [9.17, 15) is 19.2 Å². The molecule has 0 saturated heterocycles. The van der Waals surface area contributed by atoms with Crippen LogP contribution in [0.3, 0.4) is 0 Å². The summed E-state index contributed by atoms with van der Waals surface area (Å²) in [5.74, 6) is -2.03. The highest BCUT2D eigenvalue weighted by Gasteiger charge is 2.32. The van der Waals surface area contributed by atoms with Gasteiger partial charge in [-0.05, 0) is 38.1 Å². The van der Waals surface area contributed by atoms with E-state index in [-0.39, 0.29) is 12.5 Å². The molecule has 2 N–H and O–H groups in total. The SMILES string of the molecule is C[C@H](NC(=O)c1ccccc1)C(=O)O[C@@H](C)C(=O)N1CC(=O)Nc2ccccc21. The minimum absolute atomic E-state index is 0.169. The maximum atomic E-state index is 12.8. The van der Waals surface area contributed by atoms with Crippen LogP contribution in [-0.2, 0) is 19.1 Å². The summed E-state index contributed by atoms with van der Waals surface area (Å²) in [4.78, 5) is 50.4. The Balaban J connectivity index is 1.63. The Morgan fingerprint density at radius 3 is 2.41 bits per heavy atom. The monoisotopic (exact) mass is 395 g/mol. The molecule has 3 rings (SSSR count). The molecule has 29 heavy (non-hydrogen) atoms. The predicted molar refractivity (Wildman–Crippen MR) is 106 cm³/mol. The normalized spacial score (nSPS) is 14.8. The average Bonchev–Trinajstić information content (AvgIpc) is 2.72. The number of nitrogens with one attached hydrogen (secondary N) is 2. The number of carbonyl (C=O) groups is 4. The molecule has 0 aromatic heterocycles. The van der Waals surface area contributed by atoms with Crippen molar-refractivity contribution in [1.82, 2.24) is 5.32 Å². The third-order valence-electron chi connectivity index (χ3n) is 4.41. The number of rotatable bonds is 5. The Bertz CT molecular complexity index is 944. The lowest BCUT2D eigenvalue weighted by molar-refractivity contribution is -0.155. The number of hydrogen-bond acceptors (Lipinski definition) is 5. The van der Waals surface area contributed by atoms with Crippen molar-refractivity contribution in [2.24, 2.45) is 0 Å². The fourth-order valence-corrected chi connectivity index (χ4v) is 2.90. The van der Waals surface area contributed by atoms with Gasteiger partial charge in [0, 0.05) is 5.56 Å². The molecule has 0 saturated carbocycles. The summed E-state index contributed by atoms with van der Waals surface area (Å²) in [5.41, 5.74) is 1.46. The Kier molecular flexibility index (Phi) is 5.92. The fourth-order valence-electron chi connectivity index (χ4n) is 2.90. The first-order valence-corrected chi connectivity index (χ1v) is 9.13. The number of carbonyl (C=O) groups excluding carboxylic acids is 4. The first-order chi connectivity index (χ1) is 13.9. The van der Waals surface area contributed by atoms with Crippen LogP contribution in [0.15, 0.2) is 54.6 Å². The van der Waals surface area contributed by atoms with Gasteiger partial charge in [0.15, 0.2) is 6.10 Å². The molecule has 8 heteroatoms. The quantitative estimate of drug-likeness (QED) is 0.750. The summed E-state index contributed by atoms with van der Waals surface area (Å²) in [6.07, 6.45) is -1.13. The zero-order valence-electron chi connectivity index (χ0n) is 16.0. The van der Waals surface area contributed by atoms with E-state index in [4.69, 9.17) is 4.74 Å². The molecule has 0 radical (unpaired) electrons. The van der Waals surface area contributed by atoms with E-state index >= 15 is 0 Å². The van der Waals surface area contributed by atoms with Crippen LogP contribution in [0.5, 0.6) is 0 Å². The maximum absolute atomic E-state index is 12.8. The highest BCUT2D eigenvalue weighted by Crippen LogP contribution is 2.29. The zero-order valence-corrected chi connectivity index (χ0v) is 16.0. The Hall–Kier alpha value is -3.68. The number of anilines is 2. The lowest BCUT2D eigenvalue weighted by Gasteiger charge is -2.31. The highest BCUT2D eigenvalue weighted by atomic mass is 16.5. The van der Waals surface area contributed by atoms with Crippen molar-refractivity contribution >= 4 is 35.1 Å². The van der Waals surface area contributed by atoms with Crippen LogP contribution < -0.4 is 15.5 Å². The second-order valence-corrected chi connectivity index (χ2v) is 6.63. The second-order valence-electron chi connectivity index (χ2n) is 6.63. The number of ether oxygens (including phenoxy) is 1. The van der Waals surface area contributed by atoms with E-state index in [1.165, 1.54) is 18.7 Å². The van der Waals surface area contributed by atoms with E-state index in [1.807, 2.05) is 0 Å². The average molecular weight is 395 g/mol. The summed E-state index contributed by atoms with van der Waals surface area (Å²) < 4.78 is 5.24. The summed E-state index contributed by atoms with van der Waals surface area (Å²) in [7, 11) is 0. The summed E-state index contributed by atoms with van der Waals surface area (Å²) >= 11 is 0. The van der Waals surface area contributed by atoms with Crippen molar-refractivity contribution in [1.29, 1.82) is 0 Å². The van der Waals surface area contributed by atoms with Crippen LogP contribution in [0, 0.1) is 0 Å². The number of nitrogens with zero attached hydrogens (tertiary/aromatic N) is 1. The lowest BCUT2D eigenvalue weighted by Crippen LogP contribution is -2.48. The van der Waals surface area contributed by atoms with Gasteiger partial charge in [-0.2, -0.15) is 0 Å². The minimum atomic E-state index is -1.13. The second kappa shape index (κ2) is 8.55. The standard InChI is InChI=1S/C21H21N3O5/c1-13(22-19(26)15-8-4-3-5-9-15)21(28)29-14(2)20(27)24-12-18(25)23-16-10-6-7-11-17(16)24/h3-11,13-14H,12H2,1-2H3,(H,22,26)(H,23,25)/t13-,14-/m0/s1. The molecule has 0 spiro atoms. The molecule has 2 atom stereocenters. The van der Waals surface area contributed by atoms with Gasteiger partial charge in [0.25, 0.3) is 11.8 Å². The van der Waals surface area contributed by atoms with Gasteiger partial charge in [-0.25, -0.2) is 4.79 Å². The molecule has 150 valence electrons. The van der Waals surface area contributed by atoms with Crippen molar-refractivity contribution in [3.63, 3.8) is 0 Å². The van der Waals surface area contributed by atoms with Crippen molar-refractivity contribution in [2.75, 3.05) is 16.8 Å². The van der Waals surface area contributed by atoms with Crippen molar-refractivity contribution < 1.29 is 23.9 Å².